The van der Waals surface area contributed by atoms with Crippen LogP contribution in [0.1, 0.15) is 37.7 Å². The summed E-state index contributed by atoms with van der Waals surface area (Å²) in [6, 6.07) is 6.83. The first-order valence-electron chi connectivity index (χ1n) is 8.71. The highest BCUT2D eigenvalue weighted by molar-refractivity contribution is 5.76. The molecular formula is C18H24N2O3. The molecule has 1 aromatic rings. The van der Waals surface area contributed by atoms with Gasteiger partial charge in [-0.05, 0) is 62.9 Å². The lowest BCUT2D eigenvalue weighted by molar-refractivity contribution is -0.122. The average Bonchev–Trinajstić information content (AvgIpc) is 3.21. The Morgan fingerprint density at radius 2 is 2.00 bits per heavy atom. The van der Waals surface area contributed by atoms with E-state index in [2.05, 4.69) is 10.2 Å². The normalized spacial score (nSPS) is 26.1. The Balaban J connectivity index is 1.30. The molecule has 0 aromatic heterocycles. The van der Waals surface area contributed by atoms with Crippen LogP contribution in [0.5, 0.6) is 11.5 Å². The van der Waals surface area contributed by atoms with Crippen LogP contribution in [0, 0.1) is 0 Å². The molecule has 2 fully saturated rings. The van der Waals surface area contributed by atoms with Gasteiger partial charge in [0.1, 0.15) is 0 Å². The maximum atomic E-state index is 12.3. The average molecular weight is 316 g/mol. The van der Waals surface area contributed by atoms with Crippen molar-refractivity contribution >= 4 is 5.91 Å². The third-order valence-electron chi connectivity index (χ3n) is 5.26. The van der Waals surface area contributed by atoms with Gasteiger partial charge in [0, 0.05) is 18.5 Å². The molecule has 124 valence electrons. The Hall–Kier alpha value is -1.75. The van der Waals surface area contributed by atoms with Crippen LogP contribution >= 0.6 is 0 Å². The van der Waals surface area contributed by atoms with Crippen LogP contribution in [0.25, 0.3) is 0 Å². The molecule has 0 bridgehead atoms. The number of aryl methyl sites for hydroxylation is 1. The van der Waals surface area contributed by atoms with Crippen molar-refractivity contribution in [3.05, 3.63) is 23.8 Å². The van der Waals surface area contributed by atoms with Crippen molar-refractivity contribution < 1.29 is 14.3 Å². The van der Waals surface area contributed by atoms with Crippen molar-refractivity contribution in [1.82, 2.24) is 10.2 Å². The van der Waals surface area contributed by atoms with Crippen LogP contribution in [-0.2, 0) is 11.2 Å². The van der Waals surface area contributed by atoms with Crippen LogP contribution in [0.4, 0.5) is 0 Å². The van der Waals surface area contributed by atoms with Crippen molar-refractivity contribution in [2.75, 3.05) is 19.9 Å². The molecule has 1 N–H and O–H groups in total. The Kier molecular flexibility index (Phi) is 4.12. The van der Waals surface area contributed by atoms with E-state index >= 15 is 0 Å². The molecule has 3 aliphatic rings. The lowest BCUT2D eigenvalue weighted by atomic mass is 9.96. The summed E-state index contributed by atoms with van der Waals surface area (Å²) in [6.07, 6.45) is 6.09. The van der Waals surface area contributed by atoms with Gasteiger partial charge in [0.2, 0.25) is 12.7 Å². The predicted octanol–water partition coefficient (Wildman–Crippen LogP) is 2.09. The number of carbonyl (C=O) groups is 1. The van der Waals surface area contributed by atoms with Gasteiger partial charge < -0.3 is 14.8 Å². The standard InChI is InChI=1S/C18H24N2O3/c21-18(19-14-3-1-9-20-10-2-4-15(14)20)8-6-13-5-7-16-17(11-13)23-12-22-16/h5,7,11,14-15H,1-4,6,8-10,12H2,(H,19,21)/t14-,15-/m0/s1. The summed E-state index contributed by atoms with van der Waals surface area (Å²) < 4.78 is 10.7. The number of hydrogen-bond donors (Lipinski definition) is 1. The van der Waals surface area contributed by atoms with Crippen molar-refractivity contribution in [3.8, 4) is 11.5 Å². The molecule has 5 nitrogen and oxygen atoms in total. The van der Waals surface area contributed by atoms with E-state index in [1.807, 2.05) is 18.2 Å². The fourth-order valence-electron chi connectivity index (χ4n) is 4.09. The Morgan fingerprint density at radius 3 is 2.91 bits per heavy atom. The summed E-state index contributed by atoms with van der Waals surface area (Å²) in [5, 5.41) is 3.28. The number of fused-ring (bicyclic) bond motifs is 2. The summed E-state index contributed by atoms with van der Waals surface area (Å²) in [6.45, 7) is 2.70. The van der Waals surface area contributed by atoms with E-state index in [9.17, 15) is 4.79 Å². The van der Waals surface area contributed by atoms with Crippen LogP contribution < -0.4 is 14.8 Å². The summed E-state index contributed by atoms with van der Waals surface area (Å²) in [4.78, 5) is 14.9. The van der Waals surface area contributed by atoms with E-state index < -0.39 is 0 Å². The molecule has 0 saturated carbocycles. The number of hydrogen-bond acceptors (Lipinski definition) is 4. The van der Waals surface area contributed by atoms with Crippen molar-refractivity contribution in [1.29, 1.82) is 0 Å². The lowest BCUT2D eigenvalue weighted by Gasteiger charge is -2.37. The second kappa shape index (κ2) is 6.40. The number of nitrogens with zero attached hydrogens (tertiary/aromatic N) is 1. The first-order valence-corrected chi connectivity index (χ1v) is 8.71. The fourth-order valence-corrected chi connectivity index (χ4v) is 4.09. The molecule has 3 heterocycles. The smallest absolute Gasteiger partial charge is 0.231 e. The first-order chi connectivity index (χ1) is 11.3. The number of amides is 1. The molecule has 1 aromatic carbocycles. The zero-order valence-electron chi connectivity index (χ0n) is 13.4. The SMILES string of the molecule is O=C(CCc1ccc2c(c1)OCO2)N[C@H]1CCCN2CCC[C@@H]12. The molecule has 4 rings (SSSR count). The van der Waals surface area contributed by atoms with Gasteiger partial charge in [-0.1, -0.05) is 6.07 Å². The molecule has 0 unspecified atom stereocenters. The zero-order valence-corrected chi connectivity index (χ0v) is 13.4. The number of benzene rings is 1. The topological polar surface area (TPSA) is 50.8 Å². The van der Waals surface area contributed by atoms with Crippen molar-refractivity contribution in [2.45, 2.75) is 50.6 Å². The van der Waals surface area contributed by atoms with Gasteiger partial charge in [-0.25, -0.2) is 0 Å². The van der Waals surface area contributed by atoms with Crippen molar-refractivity contribution in [3.63, 3.8) is 0 Å². The van der Waals surface area contributed by atoms with Crippen LogP contribution in [0.2, 0.25) is 0 Å². The highest BCUT2D eigenvalue weighted by Gasteiger charge is 2.35. The van der Waals surface area contributed by atoms with Crippen molar-refractivity contribution in [2.24, 2.45) is 0 Å². The van der Waals surface area contributed by atoms with Gasteiger partial charge >= 0.3 is 0 Å². The Morgan fingerprint density at radius 1 is 1.17 bits per heavy atom. The molecule has 0 radical (unpaired) electrons. The van der Waals surface area contributed by atoms with Gasteiger partial charge in [-0.2, -0.15) is 0 Å². The maximum absolute atomic E-state index is 12.3. The second-order valence-corrected chi connectivity index (χ2v) is 6.75. The minimum absolute atomic E-state index is 0.168. The molecule has 3 aliphatic heterocycles. The Bertz CT molecular complexity index is 590. The Labute approximate surface area is 136 Å². The quantitative estimate of drug-likeness (QED) is 0.924. The molecule has 1 amide bonds. The van der Waals surface area contributed by atoms with E-state index in [4.69, 9.17) is 9.47 Å². The minimum Gasteiger partial charge on any atom is -0.454 e. The third-order valence-corrected chi connectivity index (χ3v) is 5.26. The molecular weight excluding hydrogens is 292 g/mol. The molecule has 23 heavy (non-hydrogen) atoms. The maximum Gasteiger partial charge on any atom is 0.231 e. The number of piperidine rings is 1. The molecule has 2 atom stereocenters. The molecule has 5 heteroatoms. The number of carbonyl (C=O) groups excluding carboxylic acids is 1. The summed E-state index contributed by atoms with van der Waals surface area (Å²) >= 11 is 0. The van der Waals surface area contributed by atoms with Gasteiger partial charge in [0.05, 0.1) is 0 Å². The van der Waals surface area contributed by atoms with Gasteiger partial charge in [0.25, 0.3) is 0 Å². The fraction of sp³-hybridized carbons (Fsp3) is 0.611. The number of rotatable bonds is 4. The van der Waals surface area contributed by atoms with Crippen LogP contribution in [0.3, 0.4) is 0 Å². The van der Waals surface area contributed by atoms with Gasteiger partial charge in [-0.15, -0.1) is 0 Å². The van der Waals surface area contributed by atoms with E-state index in [1.54, 1.807) is 0 Å². The molecule has 2 saturated heterocycles. The predicted molar refractivity (Wildman–Crippen MR) is 86.6 cm³/mol. The van der Waals surface area contributed by atoms with E-state index in [1.165, 1.54) is 32.4 Å². The molecule has 0 spiro atoms. The number of nitrogens with one attached hydrogen (secondary N) is 1. The van der Waals surface area contributed by atoms with E-state index in [0.717, 1.165) is 29.9 Å². The molecule has 0 aliphatic carbocycles. The van der Waals surface area contributed by atoms with Gasteiger partial charge in [0.15, 0.2) is 11.5 Å². The third kappa shape index (κ3) is 3.15. The highest BCUT2D eigenvalue weighted by Crippen LogP contribution is 2.33. The minimum atomic E-state index is 0.168. The first kappa shape index (κ1) is 14.8. The summed E-state index contributed by atoms with van der Waals surface area (Å²) in [5.41, 5.74) is 1.12. The highest BCUT2D eigenvalue weighted by atomic mass is 16.7. The van der Waals surface area contributed by atoms with Crippen LogP contribution in [-0.4, -0.2) is 42.8 Å². The second-order valence-electron chi connectivity index (χ2n) is 6.75. The summed E-state index contributed by atoms with van der Waals surface area (Å²) in [7, 11) is 0. The summed E-state index contributed by atoms with van der Waals surface area (Å²) in [5.74, 6) is 1.75. The monoisotopic (exact) mass is 316 g/mol. The largest absolute Gasteiger partial charge is 0.454 e. The number of ether oxygens (including phenoxy) is 2. The zero-order chi connectivity index (χ0) is 15.6. The van der Waals surface area contributed by atoms with E-state index in [0.29, 0.717) is 25.3 Å². The van der Waals surface area contributed by atoms with E-state index in [-0.39, 0.29) is 5.91 Å². The lowest BCUT2D eigenvalue weighted by Crippen LogP contribution is -2.52. The van der Waals surface area contributed by atoms with Gasteiger partial charge in [-0.3, -0.25) is 9.69 Å². The van der Waals surface area contributed by atoms with Crippen LogP contribution in [0.15, 0.2) is 18.2 Å².